The highest BCUT2D eigenvalue weighted by Crippen LogP contribution is 2.25. The molecule has 5 nitrogen and oxygen atoms in total. The van der Waals surface area contributed by atoms with Crippen LogP contribution in [0.4, 0.5) is 4.79 Å². The van der Waals surface area contributed by atoms with Crippen LogP contribution in [-0.2, 0) is 22.6 Å². The first-order valence-corrected chi connectivity index (χ1v) is 7.94. The Morgan fingerprint density at radius 3 is 2.21 bits per heavy atom. The van der Waals surface area contributed by atoms with Crippen molar-refractivity contribution in [2.24, 2.45) is 0 Å². The Balaban J connectivity index is 1.68. The van der Waals surface area contributed by atoms with E-state index in [0.717, 1.165) is 11.1 Å². The first kappa shape index (κ1) is 16.2. The second-order valence-corrected chi connectivity index (χ2v) is 5.80. The summed E-state index contributed by atoms with van der Waals surface area (Å²) in [5.74, 6) is -0.156. The Labute approximate surface area is 141 Å². The van der Waals surface area contributed by atoms with Gasteiger partial charge in [-0.3, -0.25) is 14.5 Å². The van der Waals surface area contributed by atoms with Crippen molar-refractivity contribution >= 4 is 11.9 Å². The maximum Gasteiger partial charge on any atom is 0.351 e. The van der Waals surface area contributed by atoms with E-state index in [1.807, 2.05) is 60.7 Å². The van der Waals surface area contributed by atoms with E-state index in [1.54, 1.807) is 0 Å². The average molecular weight is 324 g/mol. The number of urea groups is 1. The fraction of sp³-hybridized carbons (Fsp3) is 0.263. The van der Waals surface area contributed by atoms with Crippen LogP contribution in [0.3, 0.4) is 0 Å². The molecular formula is C19H20N2O3. The van der Waals surface area contributed by atoms with Gasteiger partial charge < -0.3 is 0 Å². The molecule has 0 saturated carbocycles. The van der Waals surface area contributed by atoms with E-state index in [4.69, 9.17) is 4.84 Å². The Kier molecular flexibility index (Phi) is 4.91. The summed E-state index contributed by atoms with van der Waals surface area (Å²) in [4.78, 5) is 31.2. The third-order valence-corrected chi connectivity index (χ3v) is 4.17. The molecule has 0 aromatic heterocycles. The molecule has 124 valence electrons. The summed E-state index contributed by atoms with van der Waals surface area (Å²) in [5, 5.41) is 1.23. The number of hydrogen-bond acceptors (Lipinski definition) is 3. The van der Waals surface area contributed by atoms with E-state index in [1.165, 1.54) is 17.1 Å². The zero-order valence-corrected chi connectivity index (χ0v) is 13.6. The molecule has 3 rings (SSSR count). The van der Waals surface area contributed by atoms with Gasteiger partial charge in [-0.15, -0.1) is 0 Å². The number of β-lactam (4-membered cyclic amide) rings is 1. The Morgan fingerprint density at radius 2 is 1.67 bits per heavy atom. The van der Waals surface area contributed by atoms with Crippen LogP contribution in [0.25, 0.3) is 0 Å². The van der Waals surface area contributed by atoms with Crippen molar-refractivity contribution in [3.05, 3.63) is 71.8 Å². The molecule has 2 aromatic rings. The highest BCUT2D eigenvalue weighted by atomic mass is 16.7. The van der Waals surface area contributed by atoms with Crippen LogP contribution >= 0.6 is 0 Å². The van der Waals surface area contributed by atoms with Crippen LogP contribution in [-0.4, -0.2) is 35.1 Å². The standard InChI is InChI=1S/C19H20N2O3/c1-24-20(14-16-10-6-3-7-11-16)19(23)21-17(13-18(21)22)12-15-8-4-2-5-9-15/h2-11,17H,12-14H2,1H3/t17-/m1/s1. The number of hydrogen-bond donors (Lipinski definition) is 0. The molecule has 0 bridgehead atoms. The number of likely N-dealkylation sites (tertiary alicyclic amines) is 1. The smallest absolute Gasteiger partial charge is 0.274 e. The van der Waals surface area contributed by atoms with Gasteiger partial charge in [-0.05, 0) is 17.5 Å². The van der Waals surface area contributed by atoms with Gasteiger partial charge in [-0.1, -0.05) is 60.7 Å². The second-order valence-electron chi connectivity index (χ2n) is 5.80. The van der Waals surface area contributed by atoms with Crippen LogP contribution in [0, 0.1) is 0 Å². The topological polar surface area (TPSA) is 49.9 Å². The van der Waals surface area contributed by atoms with Crippen molar-refractivity contribution in [1.82, 2.24) is 9.96 Å². The lowest BCUT2D eigenvalue weighted by Gasteiger charge is -2.40. The zero-order valence-electron chi connectivity index (χ0n) is 13.6. The number of amides is 3. The highest BCUT2D eigenvalue weighted by Gasteiger charge is 2.42. The number of hydroxylamine groups is 2. The largest absolute Gasteiger partial charge is 0.351 e. The van der Waals surface area contributed by atoms with Crippen LogP contribution in [0.15, 0.2) is 60.7 Å². The monoisotopic (exact) mass is 324 g/mol. The van der Waals surface area contributed by atoms with Crippen molar-refractivity contribution < 1.29 is 14.4 Å². The molecule has 1 aliphatic rings. The van der Waals surface area contributed by atoms with Crippen molar-refractivity contribution in [2.45, 2.75) is 25.4 Å². The van der Waals surface area contributed by atoms with Gasteiger partial charge in [0, 0.05) is 6.42 Å². The maximum absolute atomic E-state index is 12.7. The molecule has 0 N–H and O–H groups in total. The van der Waals surface area contributed by atoms with Gasteiger partial charge in [0.05, 0.1) is 19.7 Å². The highest BCUT2D eigenvalue weighted by molar-refractivity contribution is 5.99. The number of nitrogens with zero attached hydrogens (tertiary/aromatic N) is 2. The third kappa shape index (κ3) is 3.46. The first-order valence-electron chi connectivity index (χ1n) is 7.94. The van der Waals surface area contributed by atoms with Crippen molar-refractivity contribution in [2.75, 3.05) is 7.11 Å². The van der Waals surface area contributed by atoms with E-state index in [-0.39, 0.29) is 11.9 Å². The molecule has 1 aliphatic heterocycles. The van der Waals surface area contributed by atoms with Crippen LogP contribution in [0.5, 0.6) is 0 Å². The fourth-order valence-corrected chi connectivity index (χ4v) is 2.87. The van der Waals surface area contributed by atoms with Gasteiger partial charge in [-0.2, -0.15) is 5.06 Å². The SMILES string of the molecule is CON(Cc1ccccc1)C(=O)N1C(=O)C[C@H]1Cc1ccccc1. The molecule has 1 heterocycles. The van der Waals surface area contributed by atoms with E-state index in [0.29, 0.717) is 19.4 Å². The fourth-order valence-electron chi connectivity index (χ4n) is 2.87. The van der Waals surface area contributed by atoms with Crippen molar-refractivity contribution in [1.29, 1.82) is 0 Å². The van der Waals surface area contributed by atoms with Gasteiger partial charge in [-0.25, -0.2) is 4.79 Å². The quantitative estimate of drug-likeness (QED) is 0.627. The van der Waals surface area contributed by atoms with E-state index >= 15 is 0 Å². The van der Waals surface area contributed by atoms with E-state index < -0.39 is 6.03 Å². The molecular weight excluding hydrogens is 304 g/mol. The molecule has 2 aromatic carbocycles. The summed E-state index contributed by atoms with van der Waals surface area (Å²) in [6.07, 6.45) is 1.06. The molecule has 1 atom stereocenters. The predicted molar refractivity (Wildman–Crippen MR) is 89.8 cm³/mol. The zero-order chi connectivity index (χ0) is 16.9. The summed E-state index contributed by atoms with van der Waals surface area (Å²) >= 11 is 0. The van der Waals surface area contributed by atoms with E-state index in [2.05, 4.69) is 0 Å². The summed E-state index contributed by atoms with van der Waals surface area (Å²) in [7, 11) is 1.44. The summed E-state index contributed by atoms with van der Waals surface area (Å²) < 4.78 is 0. The lowest BCUT2D eigenvalue weighted by Crippen LogP contribution is -2.60. The van der Waals surface area contributed by atoms with Crippen LogP contribution < -0.4 is 0 Å². The molecule has 0 radical (unpaired) electrons. The first-order chi connectivity index (χ1) is 11.7. The number of carbonyl (C=O) groups is 2. The van der Waals surface area contributed by atoms with Crippen molar-refractivity contribution in [3.8, 4) is 0 Å². The molecule has 0 unspecified atom stereocenters. The lowest BCUT2D eigenvalue weighted by molar-refractivity contribution is -0.150. The van der Waals surface area contributed by atoms with Gasteiger partial charge in [0.2, 0.25) is 5.91 Å². The summed E-state index contributed by atoms with van der Waals surface area (Å²) in [6.45, 7) is 0.304. The van der Waals surface area contributed by atoms with Crippen LogP contribution in [0.1, 0.15) is 17.5 Å². The van der Waals surface area contributed by atoms with Gasteiger partial charge in [0.15, 0.2) is 0 Å². The summed E-state index contributed by atoms with van der Waals surface area (Å²) in [6, 6.07) is 18.9. The second kappa shape index (κ2) is 7.27. The van der Waals surface area contributed by atoms with E-state index in [9.17, 15) is 9.59 Å². The minimum atomic E-state index is -0.404. The normalized spacial score (nSPS) is 16.6. The Morgan fingerprint density at radius 1 is 1.08 bits per heavy atom. The number of imide groups is 1. The Bertz CT molecular complexity index is 703. The minimum absolute atomic E-state index is 0.110. The molecule has 1 saturated heterocycles. The molecule has 24 heavy (non-hydrogen) atoms. The molecule has 0 aliphatic carbocycles. The molecule has 3 amide bonds. The lowest BCUT2D eigenvalue weighted by atomic mass is 9.95. The number of rotatable bonds is 5. The summed E-state index contributed by atoms with van der Waals surface area (Å²) in [5.41, 5.74) is 2.06. The minimum Gasteiger partial charge on any atom is -0.274 e. The van der Waals surface area contributed by atoms with Gasteiger partial charge >= 0.3 is 6.03 Å². The maximum atomic E-state index is 12.7. The van der Waals surface area contributed by atoms with Crippen molar-refractivity contribution in [3.63, 3.8) is 0 Å². The van der Waals surface area contributed by atoms with Crippen LogP contribution in [0.2, 0.25) is 0 Å². The molecule has 5 heteroatoms. The molecule has 1 fully saturated rings. The number of carbonyl (C=O) groups excluding carboxylic acids is 2. The molecule has 0 spiro atoms. The van der Waals surface area contributed by atoms with Gasteiger partial charge in [0.1, 0.15) is 0 Å². The average Bonchev–Trinajstić information content (AvgIpc) is 2.60. The predicted octanol–water partition coefficient (Wildman–Crippen LogP) is 3.01. The third-order valence-electron chi connectivity index (χ3n) is 4.17. The number of benzene rings is 2. The Hall–Kier alpha value is -2.66. The van der Waals surface area contributed by atoms with Gasteiger partial charge in [0.25, 0.3) is 0 Å².